The van der Waals surface area contributed by atoms with E-state index >= 15 is 0 Å². The van der Waals surface area contributed by atoms with Crippen LogP contribution in [0.25, 0.3) is 0 Å². The Morgan fingerprint density at radius 3 is 3.08 bits per heavy atom. The van der Waals surface area contributed by atoms with Crippen molar-refractivity contribution in [3.8, 4) is 0 Å². The minimum atomic E-state index is -0.724. The highest BCUT2D eigenvalue weighted by atomic mass is 32.2. The molecule has 1 rings (SSSR count). The standard InChI is InChI=1S/C8H15NO2S2/c1-2-12-4-3-7-9-6(5-13-7)8(10)11/h6-7,9H,2-5H2,1H3,(H,10,11). The molecular formula is C8H15NO2S2. The SMILES string of the molecule is CCSCCC1NC(C(=O)O)CS1. The Labute approximate surface area is 87.0 Å². The van der Waals surface area contributed by atoms with E-state index in [0.717, 1.165) is 17.9 Å². The van der Waals surface area contributed by atoms with Gasteiger partial charge in [-0.05, 0) is 17.9 Å². The van der Waals surface area contributed by atoms with Crippen LogP contribution in [-0.2, 0) is 4.79 Å². The number of aliphatic carboxylic acids is 1. The highest BCUT2D eigenvalue weighted by Crippen LogP contribution is 2.22. The molecule has 2 N–H and O–H groups in total. The average Bonchev–Trinajstić information content (AvgIpc) is 2.53. The Morgan fingerprint density at radius 2 is 2.54 bits per heavy atom. The third kappa shape index (κ3) is 3.79. The molecule has 5 heteroatoms. The summed E-state index contributed by atoms with van der Waals surface area (Å²) in [6, 6.07) is -0.332. The molecule has 0 spiro atoms. The number of nitrogens with one attached hydrogen (secondary N) is 1. The zero-order valence-electron chi connectivity index (χ0n) is 7.66. The van der Waals surface area contributed by atoms with Crippen molar-refractivity contribution in [2.75, 3.05) is 17.3 Å². The zero-order valence-corrected chi connectivity index (χ0v) is 9.29. The summed E-state index contributed by atoms with van der Waals surface area (Å²) in [5.41, 5.74) is 0. The van der Waals surface area contributed by atoms with Gasteiger partial charge in [-0.3, -0.25) is 10.1 Å². The van der Waals surface area contributed by atoms with E-state index in [1.54, 1.807) is 11.8 Å². The second kappa shape index (κ2) is 5.78. The average molecular weight is 221 g/mol. The van der Waals surface area contributed by atoms with E-state index in [-0.39, 0.29) is 6.04 Å². The van der Waals surface area contributed by atoms with E-state index in [2.05, 4.69) is 12.2 Å². The molecule has 0 amide bonds. The number of carboxylic acids is 1. The highest BCUT2D eigenvalue weighted by molar-refractivity contribution is 8.00. The fourth-order valence-electron chi connectivity index (χ4n) is 1.18. The topological polar surface area (TPSA) is 49.3 Å². The molecule has 0 saturated carbocycles. The van der Waals surface area contributed by atoms with Crippen LogP contribution in [0.3, 0.4) is 0 Å². The zero-order chi connectivity index (χ0) is 9.68. The van der Waals surface area contributed by atoms with Crippen molar-refractivity contribution in [1.82, 2.24) is 5.32 Å². The van der Waals surface area contributed by atoms with Crippen molar-refractivity contribution in [2.45, 2.75) is 24.8 Å². The first-order valence-electron chi connectivity index (χ1n) is 4.42. The Morgan fingerprint density at radius 1 is 1.77 bits per heavy atom. The predicted octanol–water partition coefficient (Wildman–Crippen LogP) is 1.25. The Bertz CT molecular complexity index is 178. The van der Waals surface area contributed by atoms with E-state index in [9.17, 15) is 4.79 Å². The van der Waals surface area contributed by atoms with E-state index in [1.165, 1.54) is 0 Å². The molecule has 2 unspecified atom stereocenters. The first-order valence-corrected chi connectivity index (χ1v) is 6.62. The summed E-state index contributed by atoms with van der Waals surface area (Å²) in [5, 5.41) is 12.2. The summed E-state index contributed by atoms with van der Waals surface area (Å²) in [6.07, 6.45) is 1.06. The van der Waals surface area contributed by atoms with E-state index in [4.69, 9.17) is 5.11 Å². The molecule has 1 aliphatic heterocycles. The minimum Gasteiger partial charge on any atom is -0.480 e. The van der Waals surface area contributed by atoms with Gasteiger partial charge >= 0.3 is 5.97 Å². The summed E-state index contributed by atoms with van der Waals surface area (Å²) in [6.45, 7) is 2.14. The molecule has 1 heterocycles. The maximum Gasteiger partial charge on any atom is 0.321 e. The van der Waals surface area contributed by atoms with Crippen molar-refractivity contribution < 1.29 is 9.90 Å². The maximum atomic E-state index is 10.6. The summed E-state index contributed by atoms with van der Waals surface area (Å²) in [7, 11) is 0. The largest absolute Gasteiger partial charge is 0.480 e. The van der Waals surface area contributed by atoms with Crippen LogP contribution in [0.5, 0.6) is 0 Å². The number of rotatable bonds is 5. The van der Waals surface area contributed by atoms with Gasteiger partial charge in [-0.1, -0.05) is 6.92 Å². The molecule has 2 atom stereocenters. The molecule has 1 saturated heterocycles. The Hall–Kier alpha value is 0.130. The summed E-state index contributed by atoms with van der Waals surface area (Å²) < 4.78 is 0. The Balaban J connectivity index is 2.14. The van der Waals surface area contributed by atoms with Crippen LogP contribution in [0.2, 0.25) is 0 Å². The minimum absolute atomic E-state index is 0.332. The van der Waals surface area contributed by atoms with Crippen LogP contribution < -0.4 is 5.32 Å². The van der Waals surface area contributed by atoms with Gasteiger partial charge in [0.25, 0.3) is 0 Å². The lowest BCUT2D eigenvalue weighted by atomic mass is 10.3. The second-order valence-corrected chi connectivity index (χ2v) is 5.49. The van der Waals surface area contributed by atoms with Gasteiger partial charge in [-0.25, -0.2) is 0 Å². The molecule has 3 nitrogen and oxygen atoms in total. The van der Waals surface area contributed by atoms with Crippen molar-refractivity contribution in [3.05, 3.63) is 0 Å². The van der Waals surface area contributed by atoms with Crippen molar-refractivity contribution in [1.29, 1.82) is 0 Å². The molecular weight excluding hydrogens is 206 g/mol. The molecule has 0 aliphatic carbocycles. The monoisotopic (exact) mass is 221 g/mol. The number of carboxylic acid groups (broad SMARTS) is 1. The van der Waals surface area contributed by atoms with Gasteiger partial charge < -0.3 is 5.11 Å². The molecule has 1 aliphatic rings. The Kier molecular flexibility index (Phi) is 4.98. The summed E-state index contributed by atoms with van der Waals surface area (Å²) >= 11 is 3.63. The number of carbonyl (C=O) groups is 1. The summed E-state index contributed by atoms with van der Waals surface area (Å²) in [5.74, 6) is 2.24. The van der Waals surface area contributed by atoms with Crippen molar-refractivity contribution in [3.63, 3.8) is 0 Å². The number of hydrogen-bond donors (Lipinski definition) is 2. The third-order valence-corrected chi connectivity index (χ3v) is 4.11. The van der Waals surface area contributed by atoms with Gasteiger partial charge in [0.05, 0.1) is 5.37 Å². The fraction of sp³-hybridized carbons (Fsp3) is 0.875. The molecule has 13 heavy (non-hydrogen) atoms. The lowest BCUT2D eigenvalue weighted by Crippen LogP contribution is -2.36. The molecule has 0 aromatic carbocycles. The van der Waals surface area contributed by atoms with E-state index < -0.39 is 5.97 Å². The second-order valence-electron chi connectivity index (χ2n) is 2.87. The third-order valence-electron chi connectivity index (χ3n) is 1.88. The molecule has 0 aromatic rings. The van der Waals surface area contributed by atoms with E-state index in [1.807, 2.05) is 11.8 Å². The van der Waals surface area contributed by atoms with E-state index in [0.29, 0.717) is 11.1 Å². The lowest BCUT2D eigenvalue weighted by molar-refractivity contribution is -0.138. The van der Waals surface area contributed by atoms with Gasteiger partial charge in [0.1, 0.15) is 6.04 Å². The molecule has 0 radical (unpaired) electrons. The predicted molar refractivity (Wildman–Crippen MR) is 58.4 cm³/mol. The number of hydrogen-bond acceptors (Lipinski definition) is 4. The fourth-order valence-corrected chi connectivity index (χ4v) is 3.23. The van der Waals surface area contributed by atoms with Crippen LogP contribution in [0, 0.1) is 0 Å². The van der Waals surface area contributed by atoms with Crippen LogP contribution in [0.4, 0.5) is 0 Å². The van der Waals surface area contributed by atoms with Gasteiger partial charge in [-0.2, -0.15) is 11.8 Å². The van der Waals surface area contributed by atoms with Crippen molar-refractivity contribution >= 4 is 29.5 Å². The summed E-state index contributed by atoms with van der Waals surface area (Å²) in [4.78, 5) is 10.6. The first-order chi connectivity index (χ1) is 6.24. The van der Waals surface area contributed by atoms with Gasteiger partial charge in [0.2, 0.25) is 0 Å². The van der Waals surface area contributed by atoms with Gasteiger partial charge in [-0.15, -0.1) is 11.8 Å². The first kappa shape index (κ1) is 11.2. The molecule has 0 aromatic heterocycles. The van der Waals surface area contributed by atoms with Crippen LogP contribution >= 0.6 is 23.5 Å². The van der Waals surface area contributed by atoms with Crippen LogP contribution in [0.15, 0.2) is 0 Å². The van der Waals surface area contributed by atoms with Crippen LogP contribution in [-0.4, -0.2) is 39.8 Å². The quantitative estimate of drug-likeness (QED) is 0.684. The molecule has 1 fully saturated rings. The van der Waals surface area contributed by atoms with Crippen LogP contribution in [0.1, 0.15) is 13.3 Å². The van der Waals surface area contributed by atoms with Gasteiger partial charge in [0.15, 0.2) is 0 Å². The maximum absolute atomic E-state index is 10.6. The van der Waals surface area contributed by atoms with Gasteiger partial charge in [0, 0.05) is 5.75 Å². The normalized spacial score (nSPS) is 27.8. The highest BCUT2D eigenvalue weighted by Gasteiger charge is 2.28. The number of thioether (sulfide) groups is 2. The molecule has 0 bridgehead atoms. The lowest BCUT2D eigenvalue weighted by Gasteiger charge is -2.09. The smallest absolute Gasteiger partial charge is 0.321 e. The van der Waals surface area contributed by atoms with Crippen molar-refractivity contribution in [2.24, 2.45) is 0 Å². The molecule has 76 valence electrons.